The van der Waals surface area contributed by atoms with Crippen molar-refractivity contribution < 1.29 is 4.92 Å². The molecule has 1 atom stereocenters. The molecule has 5 heteroatoms. The van der Waals surface area contributed by atoms with Crippen LogP contribution < -0.4 is 10.6 Å². The Balaban J connectivity index is 2.36. The third kappa shape index (κ3) is 2.18. The predicted molar refractivity (Wildman–Crippen MR) is 68.1 cm³/mol. The van der Waals surface area contributed by atoms with Crippen LogP contribution >= 0.6 is 0 Å². The van der Waals surface area contributed by atoms with Crippen LogP contribution in [0.25, 0.3) is 0 Å². The molecule has 1 aliphatic rings. The summed E-state index contributed by atoms with van der Waals surface area (Å²) in [5.41, 5.74) is 6.53. The number of nitrogens with two attached hydrogens (primary N) is 1. The number of hydrogen-bond donors (Lipinski definition) is 1. The molecule has 92 valence electrons. The van der Waals surface area contributed by atoms with Gasteiger partial charge in [0.15, 0.2) is 0 Å². The van der Waals surface area contributed by atoms with Crippen LogP contribution in [0, 0.1) is 16.0 Å². The Morgan fingerprint density at radius 1 is 1.53 bits per heavy atom. The minimum Gasteiger partial charge on any atom is -0.393 e. The fourth-order valence-electron chi connectivity index (χ4n) is 2.15. The van der Waals surface area contributed by atoms with E-state index in [1.54, 1.807) is 18.2 Å². The summed E-state index contributed by atoms with van der Waals surface area (Å²) in [5, 5.41) is 11.1. The molecule has 1 saturated carbocycles. The number of nitro benzene ring substituents is 1. The summed E-state index contributed by atoms with van der Waals surface area (Å²) in [5.74, 6) is 0.654. The average Bonchev–Trinajstić information content (AvgIpc) is 3.10. The van der Waals surface area contributed by atoms with Crippen LogP contribution in [-0.4, -0.2) is 18.0 Å². The monoisotopic (exact) mass is 235 g/mol. The topological polar surface area (TPSA) is 72.4 Å². The van der Waals surface area contributed by atoms with E-state index in [0.29, 0.717) is 17.6 Å². The Morgan fingerprint density at radius 2 is 2.18 bits per heavy atom. The number of hydrogen-bond acceptors (Lipinski definition) is 4. The lowest BCUT2D eigenvalue weighted by atomic mass is 10.1. The average molecular weight is 235 g/mol. The minimum absolute atomic E-state index is 0.0162. The molecule has 0 radical (unpaired) electrons. The summed E-state index contributed by atoms with van der Waals surface area (Å²) in [4.78, 5) is 12.6. The van der Waals surface area contributed by atoms with Crippen LogP contribution in [0.3, 0.4) is 0 Å². The van der Waals surface area contributed by atoms with E-state index in [-0.39, 0.29) is 11.4 Å². The summed E-state index contributed by atoms with van der Waals surface area (Å²) in [6.07, 6.45) is 2.42. The van der Waals surface area contributed by atoms with E-state index in [1.165, 1.54) is 12.8 Å². The van der Waals surface area contributed by atoms with Gasteiger partial charge >= 0.3 is 5.69 Å². The maximum Gasteiger partial charge on any atom is 0.315 e. The fraction of sp³-hybridized carbons (Fsp3) is 0.500. The summed E-state index contributed by atoms with van der Waals surface area (Å²) in [7, 11) is 1.89. The van der Waals surface area contributed by atoms with Crippen molar-refractivity contribution in [3.8, 4) is 0 Å². The van der Waals surface area contributed by atoms with Crippen molar-refractivity contribution in [2.24, 2.45) is 5.92 Å². The fourth-order valence-corrected chi connectivity index (χ4v) is 2.15. The van der Waals surface area contributed by atoms with Gasteiger partial charge in [0.2, 0.25) is 0 Å². The molecule has 1 fully saturated rings. The van der Waals surface area contributed by atoms with Gasteiger partial charge in [-0.15, -0.1) is 0 Å². The van der Waals surface area contributed by atoms with Crippen molar-refractivity contribution in [2.45, 2.75) is 25.8 Å². The van der Waals surface area contributed by atoms with Gasteiger partial charge in [-0.1, -0.05) is 6.07 Å². The molecule has 1 aromatic carbocycles. The molecule has 0 aromatic heterocycles. The molecule has 1 aliphatic carbocycles. The van der Waals surface area contributed by atoms with Crippen LogP contribution in [0.4, 0.5) is 17.1 Å². The highest BCUT2D eigenvalue weighted by atomic mass is 16.6. The zero-order valence-electron chi connectivity index (χ0n) is 10.1. The summed E-state index contributed by atoms with van der Waals surface area (Å²) < 4.78 is 0. The van der Waals surface area contributed by atoms with E-state index < -0.39 is 4.92 Å². The number of nitrogen functional groups attached to an aromatic ring is 1. The van der Waals surface area contributed by atoms with E-state index in [1.807, 2.05) is 11.9 Å². The third-order valence-corrected chi connectivity index (χ3v) is 3.52. The highest BCUT2D eigenvalue weighted by Gasteiger charge is 2.33. The van der Waals surface area contributed by atoms with E-state index in [9.17, 15) is 10.1 Å². The molecule has 5 nitrogen and oxygen atoms in total. The number of nitrogens with zero attached hydrogens (tertiary/aromatic N) is 2. The lowest BCUT2D eigenvalue weighted by Gasteiger charge is -2.26. The van der Waals surface area contributed by atoms with Gasteiger partial charge < -0.3 is 10.6 Å². The van der Waals surface area contributed by atoms with Gasteiger partial charge in [-0.25, -0.2) is 0 Å². The van der Waals surface area contributed by atoms with Crippen molar-refractivity contribution in [2.75, 3.05) is 17.7 Å². The van der Waals surface area contributed by atoms with E-state index >= 15 is 0 Å². The van der Waals surface area contributed by atoms with E-state index in [2.05, 4.69) is 6.92 Å². The highest BCUT2D eigenvalue weighted by molar-refractivity contribution is 5.75. The van der Waals surface area contributed by atoms with Crippen LogP contribution in [0.15, 0.2) is 18.2 Å². The highest BCUT2D eigenvalue weighted by Crippen LogP contribution is 2.40. The Hall–Kier alpha value is -1.78. The normalized spacial score (nSPS) is 16.6. The molecule has 0 aliphatic heterocycles. The van der Waals surface area contributed by atoms with Crippen LogP contribution in [-0.2, 0) is 0 Å². The van der Waals surface area contributed by atoms with Crippen molar-refractivity contribution in [3.05, 3.63) is 28.3 Å². The maximum atomic E-state index is 11.1. The maximum absolute atomic E-state index is 11.1. The number of benzene rings is 1. The molecule has 0 spiro atoms. The molecule has 0 saturated heterocycles. The van der Waals surface area contributed by atoms with Gasteiger partial charge in [-0.05, 0) is 37.8 Å². The molecule has 1 unspecified atom stereocenters. The van der Waals surface area contributed by atoms with Gasteiger partial charge in [0, 0.05) is 13.1 Å². The second kappa shape index (κ2) is 4.24. The quantitative estimate of drug-likeness (QED) is 0.494. The second-order valence-electron chi connectivity index (χ2n) is 4.66. The number of para-hydroxylation sites is 1. The molecule has 1 aromatic rings. The standard InChI is InChI=1S/C12H17N3O2/c1-8(9-6-7-9)14(2)11-5-3-4-10(13)12(11)15(16)17/h3-5,8-9H,6-7,13H2,1-2H3. The molecule has 0 bridgehead atoms. The SMILES string of the molecule is CC(C1CC1)N(C)c1cccc(N)c1[N+](=O)[O-]. The lowest BCUT2D eigenvalue weighted by molar-refractivity contribution is -0.383. The van der Waals surface area contributed by atoms with Gasteiger partial charge in [-0.2, -0.15) is 0 Å². The zero-order valence-corrected chi connectivity index (χ0v) is 10.1. The molecule has 0 heterocycles. The molecule has 0 amide bonds. The van der Waals surface area contributed by atoms with E-state index in [4.69, 9.17) is 5.73 Å². The first-order valence-electron chi connectivity index (χ1n) is 5.78. The van der Waals surface area contributed by atoms with Crippen molar-refractivity contribution in [1.82, 2.24) is 0 Å². The van der Waals surface area contributed by atoms with Gasteiger partial charge in [0.25, 0.3) is 0 Å². The van der Waals surface area contributed by atoms with Crippen LogP contribution in [0.1, 0.15) is 19.8 Å². The van der Waals surface area contributed by atoms with Gasteiger partial charge in [0.05, 0.1) is 4.92 Å². The Morgan fingerprint density at radius 3 is 2.71 bits per heavy atom. The van der Waals surface area contributed by atoms with Crippen molar-refractivity contribution in [1.29, 1.82) is 0 Å². The lowest BCUT2D eigenvalue weighted by Crippen LogP contribution is -2.31. The molecular weight excluding hydrogens is 218 g/mol. The molecular formula is C12H17N3O2. The van der Waals surface area contributed by atoms with Gasteiger partial charge in [-0.3, -0.25) is 10.1 Å². The number of anilines is 2. The zero-order chi connectivity index (χ0) is 12.6. The number of nitro groups is 1. The first kappa shape index (κ1) is 11.7. The first-order chi connectivity index (χ1) is 8.02. The number of rotatable bonds is 4. The summed E-state index contributed by atoms with van der Waals surface area (Å²) in [6, 6.07) is 5.40. The Kier molecular flexibility index (Phi) is 2.92. The Bertz CT molecular complexity index is 443. The largest absolute Gasteiger partial charge is 0.393 e. The van der Waals surface area contributed by atoms with Crippen molar-refractivity contribution >= 4 is 17.1 Å². The smallest absolute Gasteiger partial charge is 0.315 e. The van der Waals surface area contributed by atoms with E-state index in [0.717, 1.165) is 0 Å². The predicted octanol–water partition coefficient (Wildman–Crippen LogP) is 2.41. The van der Waals surface area contributed by atoms with Crippen LogP contribution in [0.2, 0.25) is 0 Å². The molecule has 2 N–H and O–H groups in total. The molecule has 2 rings (SSSR count). The summed E-state index contributed by atoms with van der Waals surface area (Å²) in [6.45, 7) is 2.10. The Labute approximate surface area is 100 Å². The second-order valence-corrected chi connectivity index (χ2v) is 4.66. The molecule has 17 heavy (non-hydrogen) atoms. The van der Waals surface area contributed by atoms with Crippen molar-refractivity contribution in [3.63, 3.8) is 0 Å². The minimum atomic E-state index is -0.402. The van der Waals surface area contributed by atoms with Crippen LogP contribution in [0.5, 0.6) is 0 Å². The van der Waals surface area contributed by atoms with Gasteiger partial charge in [0.1, 0.15) is 11.4 Å². The first-order valence-corrected chi connectivity index (χ1v) is 5.78. The third-order valence-electron chi connectivity index (χ3n) is 3.52. The summed E-state index contributed by atoms with van der Waals surface area (Å²) >= 11 is 0.